The fourth-order valence-electron chi connectivity index (χ4n) is 1.34. The standard InChI is InChI=1S/C13H15NO2/c1-10(2)11-5-7-12(8-6-11)13(3,4)16-14-9-15/h5-8H,1H2,2-4H3. The molecular weight excluding hydrogens is 202 g/mol. The van der Waals surface area contributed by atoms with E-state index in [0.717, 1.165) is 16.7 Å². The number of benzene rings is 1. The van der Waals surface area contributed by atoms with Gasteiger partial charge in [0, 0.05) is 5.16 Å². The van der Waals surface area contributed by atoms with Crippen molar-refractivity contribution in [3.63, 3.8) is 0 Å². The van der Waals surface area contributed by atoms with Gasteiger partial charge in [0.05, 0.1) is 0 Å². The third kappa shape index (κ3) is 2.81. The molecule has 0 aliphatic heterocycles. The molecule has 1 rings (SSSR count). The molecule has 0 heterocycles. The van der Waals surface area contributed by atoms with Crippen LogP contribution in [-0.4, -0.2) is 6.08 Å². The average molecular weight is 217 g/mol. The third-order valence-electron chi connectivity index (χ3n) is 2.38. The Morgan fingerprint density at radius 3 is 2.38 bits per heavy atom. The monoisotopic (exact) mass is 217 g/mol. The van der Waals surface area contributed by atoms with Crippen LogP contribution in [0.2, 0.25) is 0 Å². The molecule has 0 saturated carbocycles. The summed E-state index contributed by atoms with van der Waals surface area (Å²) >= 11 is 0. The van der Waals surface area contributed by atoms with E-state index in [2.05, 4.69) is 11.7 Å². The Morgan fingerprint density at radius 1 is 1.38 bits per heavy atom. The first-order chi connectivity index (χ1) is 7.47. The fraction of sp³-hybridized carbons (Fsp3) is 0.308. The van der Waals surface area contributed by atoms with Gasteiger partial charge in [0.2, 0.25) is 0 Å². The highest BCUT2D eigenvalue weighted by Crippen LogP contribution is 2.26. The van der Waals surface area contributed by atoms with Gasteiger partial charge in [0.1, 0.15) is 0 Å². The maximum Gasteiger partial charge on any atom is 0.276 e. The van der Waals surface area contributed by atoms with Crippen molar-refractivity contribution in [1.82, 2.24) is 0 Å². The number of hydrogen-bond acceptors (Lipinski definition) is 3. The van der Waals surface area contributed by atoms with Gasteiger partial charge in [0.25, 0.3) is 6.08 Å². The summed E-state index contributed by atoms with van der Waals surface area (Å²) in [5.41, 5.74) is 2.40. The normalized spacial score (nSPS) is 10.4. The van der Waals surface area contributed by atoms with Crippen LogP contribution < -0.4 is 0 Å². The molecule has 3 heteroatoms. The zero-order chi connectivity index (χ0) is 12.2. The number of hydrogen-bond donors (Lipinski definition) is 0. The van der Waals surface area contributed by atoms with Crippen LogP contribution in [0.1, 0.15) is 31.9 Å². The van der Waals surface area contributed by atoms with Crippen LogP contribution in [0.5, 0.6) is 0 Å². The lowest BCUT2D eigenvalue weighted by atomic mass is 9.96. The van der Waals surface area contributed by atoms with Gasteiger partial charge < -0.3 is 4.84 Å². The highest BCUT2D eigenvalue weighted by molar-refractivity contribution is 5.61. The van der Waals surface area contributed by atoms with Crippen molar-refractivity contribution >= 4 is 11.7 Å². The minimum atomic E-state index is -0.634. The highest BCUT2D eigenvalue weighted by atomic mass is 16.6. The van der Waals surface area contributed by atoms with E-state index in [-0.39, 0.29) is 0 Å². The first kappa shape index (κ1) is 12.2. The summed E-state index contributed by atoms with van der Waals surface area (Å²) in [5.74, 6) is 0. The molecule has 0 aromatic heterocycles. The molecular formula is C13H15NO2. The lowest BCUT2D eigenvalue weighted by Crippen LogP contribution is -2.18. The first-order valence-electron chi connectivity index (χ1n) is 4.99. The number of nitrogens with zero attached hydrogens (tertiary/aromatic N) is 1. The van der Waals surface area contributed by atoms with Gasteiger partial charge in [-0.15, -0.1) is 0 Å². The molecule has 3 nitrogen and oxygen atoms in total. The topological polar surface area (TPSA) is 38.7 Å². The highest BCUT2D eigenvalue weighted by Gasteiger charge is 2.22. The van der Waals surface area contributed by atoms with Crippen LogP contribution in [0.3, 0.4) is 0 Å². The molecule has 0 amide bonds. The van der Waals surface area contributed by atoms with Gasteiger partial charge >= 0.3 is 0 Å². The smallest absolute Gasteiger partial charge is 0.276 e. The van der Waals surface area contributed by atoms with Gasteiger partial charge in [-0.25, -0.2) is 4.79 Å². The van der Waals surface area contributed by atoms with E-state index in [0.29, 0.717) is 0 Å². The van der Waals surface area contributed by atoms with E-state index >= 15 is 0 Å². The van der Waals surface area contributed by atoms with Gasteiger partial charge in [-0.05, 0) is 31.9 Å². The van der Waals surface area contributed by atoms with E-state index in [1.54, 1.807) is 0 Å². The third-order valence-corrected chi connectivity index (χ3v) is 2.38. The minimum absolute atomic E-state index is 0.634. The molecule has 0 bridgehead atoms. The molecule has 0 aliphatic carbocycles. The van der Waals surface area contributed by atoms with Crippen LogP contribution in [0.25, 0.3) is 5.57 Å². The molecule has 0 N–H and O–H groups in total. The van der Waals surface area contributed by atoms with Gasteiger partial charge in [-0.1, -0.05) is 36.4 Å². The Kier molecular flexibility index (Phi) is 3.64. The average Bonchev–Trinajstić information content (AvgIpc) is 2.26. The van der Waals surface area contributed by atoms with Gasteiger partial charge in [0.15, 0.2) is 5.60 Å². The van der Waals surface area contributed by atoms with Crippen LogP contribution >= 0.6 is 0 Å². The van der Waals surface area contributed by atoms with Crippen molar-refractivity contribution in [3.8, 4) is 0 Å². The molecule has 84 valence electrons. The predicted octanol–water partition coefficient (Wildman–Crippen LogP) is 3.22. The number of isocyanates is 1. The summed E-state index contributed by atoms with van der Waals surface area (Å²) in [6.07, 6.45) is 1.36. The van der Waals surface area contributed by atoms with Gasteiger partial charge in [-0.2, -0.15) is 0 Å². The zero-order valence-corrected chi connectivity index (χ0v) is 9.78. The Labute approximate surface area is 95.4 Å². The summed E-state index contributed by atoms with van der Waals surface area (Å²) in [6.45, 7) is 9.49. The van der Waals surface area contributed by atoms with Crippen LogP contribution in [-0.2, 0) is 15.2 Å². The largest absolute Gasteiger partial charge is 0.375 e. The van der Waals surface area contributed by atoms with Crippen molar-refractivity contribution in [2.75, 3.05) is 0 Å². The van der Waals surface area contributed by atoms with Crippen molar-refractivity contribution in [2.24, 2.45) is 5.16 Å². The molecule has 0 aliphatic rings. The van der Waals surface area contributed by atoms with Crippen molar-refractivity contribution in [1.29, 1.82) is 0 Å². The second-order valence-electron chi connectivity index (χ2n) is 4.14. The zero-order valence-electron chi connectivity index (χ0n) is 9.78. The fourth-order valence-corrected chi connectivity index (χ4v) is 1.34. The summed E-state index contributed by atoms with van der Waals surface area (Å²) in [6, 6.07) is 7.80. The molecule has 0 atom stereocenters. The van der Waals surface area contributed by atoms with E-state index in [1.165, 1.54) is 6.08 Å². The van der Waals surface area contributed by atoms with E-state index in [1.807, 2.05) is 45.0 Å². The Bertz CT molecular complexity index is 426. The van der Waals surface area contributed by atoms with E-state index in [9.17, 15) is 4.79 Å². The molecule has 0 radical (unpaired) electrons. The molecule has 16 heavy (non-hydrogen) atoms. The quantitative estimate of drug-likeness (QED) is 0.441. The summed E-state index contributed by atoms with van der Waals surface area (Å²) in [5, 5.41) is 3.15. The van der Waals surface area contributed by atoms with Crippen molar-refractivity contribution in [3.05, 3.63) is 42.0 Å². The molecule has 1 aromatic carbocycles. The SMILES string of the molecule is C=C(C)c1ccc(C(C)(C)ON=C=O)cc1. The Morgan fingerprint density at radius 2 is 1.94 bits per heavy atom. The second kappa shape index (κ2) is 4.77. The lowest BCUT2D eigenvalue weighted by molar-refractivity contribution is -0.0184. The summed E-state index contributed by atoms with van der Waals surface area (Å²) in [4.78, 5) is 15.0. The maximum atomic E-state index is 10.00. The molecule has 1 aromatic rings. The minimum Gasteiger partial charge on any atom is -0.375 e. The first-order valence-corrected chi connectivity index (χ1v) is 4.99. The summed E-state index contributed by atoms with van der Waals surface area (Å²) < 4.78 is 0. The number of allylic oxidation sites excluding steroid dienone is 1. The number of rotatable bonds is 4. The van der Waals surface area contributed by atoms with Gasteiger partial charge in [-0.3, -0.25) is 0 Å². The van der Waals surface area contributed by atoms with Crippen LogP contribution in [0, 0.1) is 0 Å². The maximum absolute atomic E-state index is 10.00. The van der Waals surface area contributed by atoms with Crippen molar-refractivity contribution < 1.29 is 9.63 Å². The number of carbonyl (C=O) groups excluding carboxylic acids is 1. The summed E-state index contributed by atoms with van der Waals surface area (Å²) in [7, 11) is 0. The second-order valence-corrected chi connectivity index (χ2v) is 4.14. The molecule has 0 fully saturated rings. The molecule has 0 unspecified atom stereocenters. The van der Waals surface area contributed by atoms with E-state index < -0.39 is 5.60 Å². The molecule has 0 spiro atoms. The van der Waals surface area contributed by atoms with E-state index in [4.69, 9.17) is 4.84 Å². The lowest BCUT2D eigenvalue weighted by Gasteiger charge is -2.21. The Hall–Kier alpha value is -1.86. The predicted molar refractivity (Wildman–Crippen MR) is 63.4 cm³/mol. The van der Waals surface area contributed by atoms with Crippen LogP contribution in [0.4, 0.5) is 0 Å². The van der Waals surface area contributed by atoms with Crippen molar-refractivity contribution in [2.45, 2.75) is 26.4 Å². The molecule has 0 saturated heterocycles. The Balaban J connectivity index is 2.96. The van der Waals surface area contributed by atoms with Crippen LogP contribution in [0.15, 0.2) is 36.0 Å².